The van der Waals surface area contributed by atoms with Crippen LogP contribution in [0.4, 0.5) is 14.9 Å². The maximum Gasteiger partial charge on any atom is 0.511 e. The van der Waals surface area contributed by atoms with Crippen LogP contribution in [0.15, 0.2) is 16.2 Å². The fourth-order valence-corrected chi connectivity index (χ4v) is 8.11. The van der Waals surface area contributed by atoms with Crippen LogP contribution in [0.2, 0.25) is 0 Å². The minimum absolute atomic E-state index is 0.0607. The average molecular weight is 472 g/mol. The van der Waals surface area contributed by atoms with Gasteiger partial charge in [0.2, 0.25) is 11.2 Å². The van der Waals surface area contributed by atoms with Gasteiger partial charge in [-0.15, -0.1) is 11.3 Å². The molecule has 4 unspecified atom stereocenters. The Kier molecular flexibility index (Phi) is 3.79. The van der Waals surface area contributed by atoms with Crippen LogP contribution < -0.4 is 25.1 Å². The third-order valence-corrected chi connectivity index (χ3v) is 9.47. The number of nitrogens with zero attached hydrogens (tertiary/aromatic N) is 2. The van der Waals surface area contributed by atoms with E-state index < -0.39 is 17.4 Å². The third kappa shape index (κ3) is 2.37. The summed E-state index contributed by atoms with van der Waals surface area (Å²) < 4.78 is 28.4. The zero-order valence-electron chi connectivity index (χ0n) is 17.9. The highest BCUT2D eigenvalue weighted by Gasteiger charge is 2.60. The van der Waals surface area contributed by atoms with Crippen molar-refractivity contribution in [2.45, 2.75) is 31.4 Å². The minimum atomic E-state index is -1.58. The number of halogens is 1. The summed E-state index contributed by atoms with van der Waals surface area (Å²) in [7, 11) is 2.04. The standard InChI is InChI=1S/C23H22FN3O5S/c1-25-23-3-2-10(5-23)13-6-26(7-14(13)23)17-15(24)4-12-16-19(17)31-8-11-9-33-21(27(11)16)20(18(12)28)32-22(29)30/h4,9-10,13-14,25H,2-3,5-8H2,1H3,(H,29,30). The van der Waals surface area contributed by atoms with Gasteiger partial charge in [0, 0.05) is 24.0 Å². The van der Waals surface area contributed by atoms with Gasteiger partial charge in [-0.25, -0.2) is 9.18 Å². The second kappa shape index (κ2) is 6.38. The Bertz CT molecular complexity index is 1430. The lowest BCUT2D eigenvalue weighted by molar-refractivity contribution is 0.144. The summed E-state index contributed by atoms with van der Waals surface area (Å²) in [5.41, 5.74) is 1.13. The summed E-state index contributed by atoms with van der Waals surface area (Å²) in [6.45, 7) is 1.72. The van der Waals surface area contributed by atoms with Crippen LogP contribution in [-0.2, 0) is 6.61 Å². The maximum atomic E-state index is 15.7. The molecule has 0 radical (unpaired) electrons. The van der Waals surface area contributed by atoms with Gasteiger partial charge < -0.3 is 24.8 Å². The number of benzene rings is 1. The van der Waals surface area contributed by atoms with Crippen LogP contribution in [0, 0.1) is 23.6 Å². The summed E-state index contributed by atoms with van der Waals surface area (Å²) >= 11 is 1.22. The number of fused-ring (bicyclic) bond motifs is 5. The monoisotopic (exact) mass is 471 g/mol. The molecule has 0 amide bonds. The van der Waals surface area contributed by atoms with Gasteiger partial charge in [0.05, 0.1) is 11.1 Å². The molecular formula is C23H22FN3O5S. The van der Waals surface area contributed by atoms with E-state index >= 15 is 4.39 Å². The normalized spacial score (nSPS) is 29.3. The summed E-state index contributed by atoms with van der Waals surface area (Å²) in [5.74, 6) is 1.16. The molecule has 172 valence electrons. The quantitative estimate of drug-likeness (QED) is 0.566. The van der Waals surface area contributed by atoms with Gasteiger partial charge in [0.1, 0.15) is 22.6 Å². The van der Waals surface area contributed by atoms with Crippen molar-refractivity contribution < 1.29 is 23.8 Å². The molecule has 4 atom stereocenters. The van der Waals surface area contributed by atoms with E-state index in [4.69, 9.17) is 14.6 Å². The van der Waals surface area contributed by atoms with Crippen LogP contribution in [0.5, 0.6) is 11.5 Å². The first kappa shape index (κ1) is 19.6. The van der Waals surface area contributed by atoms with Crippen LogP contribution in [0.25, 0.3) is 15.7 Å². The van der Waals surface area contributed by atoms with E-state index in [1.165, 1.54) is 30.2 Å². The van der Waals surface area contributed by atoms with E-state index in [9.17, 15) is 9.59 Å². The predicted octanol–water partition coefficient (Wildman–Crippen LogP) is 3.43. The number of anilines is 1. The molecule has 10 heteroatoms. The Balaban J connectivity index is 1.43. The number of pyridine rings is 1. The van der Waals surface area contributed by atoms with Crippen molar-refractivity contribution in [2.75, 3.05) is 25.0 Å². The van der Waals surface area contributed by atoms with Gasteiger partial charge in [0.25, 0.3) is 0 Å². The lowest BCUT2D eigenvalue weighted by atomic mass is 9.77. The molecule has 4 heterocycles. The van der Waals surface area contributed by atoms with Crippen molar-refractivity contribution in [3.05, 3.63) is 33.2 Å². The molecular weight excluding hydrogens is 449 g/mol. The number of hydrogen-bond donors (Lipinski definition) is 2. The fourth-order valence-electron chi connectivity index (χ4n) is 7.14. The Labute approximate surface area is 191 Å². The summed E-state index contributed by atoms with van der Waals surface area (Å²) in [6, 6.07) is 1.21. The van der Waals surface area contributed by atoms with E-state index in [0.29, 0.717) is 39.5 Å². The fraction of sp³-hybridized carbons (Fsp3) is 0.478. The van der Waals surface area contributed by atoms with Crippen LogP contribution >= 0.6 is 11.3 Å². The molecule has 1 saturated heterocycles. The van der Waals surface area contributed by atoms with Crippen LogP contribution in [0.3, 0.4) is 0 Å². The summed E-state index contributed by atoms with van der Waals surface area (Å²) in [5, 5.41) is 14.6. The largest absolute Gasteiger partial charge is 0.511 e. The highest BCUT2D eigenvalue weighted by Crippen LogP contribution is 2.58. The third-order valence-electron chi connectivity index (χ3n) is 8.48. The molecule has 8 nitrogen and oxygen atoms in total. The number of nitrogens with one attached hydrogen (secondary N) is 1. The number of carbonyl (C=O) groups is 1. The van der Waals surface area contributed by atoms with E-state index in [-0.39, 0.29) is 23.3 Å². The Hall–Kier alpha value is -2.85. The molecule has 3 fully saturated rings. The highest BCUT2D eigenvalue weighted by molar-refractivity contribution is 7.16. The van der Waals surface area contributed by atoms with E-state index in [1.807, 2.05) is 12.4 Å². The first-order valence-corrected chi connectivity index (χ1v) is 12.1. The zero-order chi connectivity index (χ0) is 22.6. The first-order valence-electron chi connectivity index (χ1n) is 11.2. The van der Waals surface area contributed by atoms with Gasteiger partial charge in [-0.3, -0.25) is 9.20 Å². The SMILES string of the molecule is CNC12CCC(C1)C1CN(c3c(F)cc4c(=O)c(OC(=O)O)c5scc6n5c4c3OC6)CC12. The lowest BCUT2D eigenvalue weighted by Crippen LogP contribution is -2.47. The molecule has 7 rings (SSSR count). The Morgan fingerprint density at radius 3 is 3.06 bits per heavy atom. The van der Waals surface area contributed by atoms with Crippen molar-refractivity contribution in [3.63, 3.8) is 0 Å². The number of carboxylic acid groups (broad SMARTS) is 1. The molecule has 2 N–H and O–H groups in total. The topological polar surface area (TPSA) is 92.5 Å². The van der Waals surface area contributed by atoms with Gasteiger partial charge in [-0.05, 0) is 50.1 Å². The molecule has 33 heavy (non-hydrogen) atoms. The van der Waals surface area contributed by atoms with E-state index in [1.54, 1.807) is 4.40 Å². The highest BCUT2D eigenvalue weighted by atomic mass is 32.1. The van der Waals surface area contributed by atoms with Crippen LogP contribution in [-0.4, -0.2) is 41.3 Å². The predicted molar refractivity (Wildman–Crippen MR) is 120 cm³/mol. The second-order valence-corrected chi connectivity index (χ2v) is 10.6. The van der Waals surface area contributed by atoms with Gasteiger partial charge in [-0.1, -0.05) is 0 Å². The minimum Gasteiger partial charge on any atom is -0.483 e. The van der Waals surface area contributed by atoms with Crippen molar-refractivity contribution >= 4 is 38.9 Å². The molecule has 2 aliphatic heterocycles. The van der Waals surface area contributed by atoms with Gasteiger partial charge >= 0.3 is 6.16 Å². The molecule has 4 aliphatic rings. The first-order chi connectivity index (χ1) is 15.9. The Morgan fingerprint density at radius 1 is 1.42 bits per heavy atom. The van der Waals surface area contributed by atoms with Gasteiger partial charge in [-0.2, -0.15) is 0 Å². The molecule has 2 saturated carbocycles. The number of ether oxygens (including phenoxy) is 2. The maximum absolute atomic E-state index is 15.7. The van der Waals surface area contributed by atoms with Crippen molar-refractivity contribution in [3.8, 4) is 11.5 Å². The van der Waals surface area contributed by atoms with Crippen molar-refractivity contribution in [2.24, 2.45) is 17.8 Å². The molecule has 2 aliphatic carbocycles. The Morgan fingerprint density at radius 2 is 2.27 bits per heavy atom. The van der Waals surface area contributed by atoms with Gasteiger partial charge in [0.15, 0.2) is 11.6 Å². The van der Waals surface area contributed by atoms with E-state index in [0.717, 1.165) is 25.2 Å². The molecule has 2 aromatic heterocycles. The summed E-state index contributed by atoms with van der Waals surface area (Å²) in [4.78, 5) is 26.8. The average Bonchev–Trinajstić information content (AvgIpc) is 3.55. The second-order valence-electron chi connectivity index (χ2n) is 9.70. The summed E-state index contributed by atoms with van der Waals surface area (Å²) in [6.07, 6.45) is 1.98. The van der Waals surface area contributed by atoms with E-state index in [2.05, 4.69) is 10.2 Å². The lowest BCUT2D eigenvalue weighted by Gasteiger charge is -2.35. The van der Waals surface area contributed by atoms with Crippen molar-refractivity contribution in [1.82, 2.24) is 9.72 Å². The molecule has 3 aromatic rings. The molecule has 0 spiro atoms. The molecule has 2 bridgehead atoms. The van der Waals surface area contributed by atoms with Crippen molar-refractivity contribution in [1.29, 1.82) is 0 Å². The molecule has 1 aromatic carbocycles. The smallest absolute Gasteiger partial charge is 0.483 e. The number of thiazole rings is 1. The van der Waals surface area contributed by atoms with Crippen LogP contribution in [0.1, 0.15) is 25.0 Å². The number of hydrogen-bond acceptors (Lipinski definition) is 7. The zero-order valence-corrected chi connectivity index (χ0v) is 18.7. The number of aromatic nitrogens is 1. The number of rotatable bonds is 3.